The van der Waals surface area contributed by atoms with Crippen LogP contribution in [0.4, 0.5) is 23.2 Å². The molecular formula is C13H7F4N5O. The number of carbonyl (C=O) groups is 1. The van der Waals surface area contributed by atoms with Crippen LogP contribution in [0.3, 0.4) is 0 Å². The molecule has 2 aromatic heterocycles. The normalized spacial score (nSPS) is 11.7. The van der Waals surface area contributed by atoms with Crippen LogP contribution in [0.1, 0.15) is 16.2 Å². The van der Waals surface area contributed by atoms with Gasteiger partial charge >= 0.3 is 6.18 Å². The molecule has 6 nitrogen and oxygen atoms in total. The minimum absolute atomic E-state index is 0.205. The molecule has 0 aliphatic heterocycles. The molecule has 3 rings (SSSR count). The van der Waals surface area contributed by atoms with Crippen LogP contribution in [-0.4, -0.2) is 26.1 Å². The van der Waals surface area contributed by atoms with E-state index in [1.807, 2.05) is 0 Å². The van der Waals surface area contributed by atoms with E-state index >= 15 is 0 Å². The van der Waals surface area contributed by atoms with Crippen LogP contribution in [0, 0.1) is 5.82 Å². The number of nitrogens with one attached hydrogen (secondary N) is 2. The predicted molar refractivity (Wildman–Crippen MR) is 71.0 cm³/mol. The molecule has 0 radical (unpaired) electrons. The van der Waals surface area contributed by atoms with Crippen molar-refractivity contribution in [1.82, 2.24) is 20.2 Å². The van der Waals surface area contributed by atoms with Crippen molar-refractivity contribution in [3.05, 3.63) is 47.9 Å². The highest BCUT2D eigenvalue weighted by Gasteiger charge is 2.33. The van der Waals surface area contributed by atoms with Gasteiger partial charge in [-0.3, -0.25) is 14.9 Å². The number of rotatable bonds is 2. The van der Waals surface area contributed by atoms with E-state index in [-0.39, 0.29) is 5.69 Å². The van der Waals surface area contributed by atoms with Crippen LogP contribution in [0.2, 0.25) is 0 Å². The van der Waals surface area contributed by atoms with Gasteiger partial charge in [0, 0.05) is 11.5 Å². The molecule has 2 heterocycles. The highest BCUT2D eigenvalue weighted by molar-refractivity contribution is 6.03. The topological polar surface area (TPSA) is 83.6 Å². The minimum atomic E-state index is -4.73. The Labute approximate surface area is 125 Å². The molecule has 0 spiro atoms. The van der Waals surface area contributed by atoms with Gasteiger partial charge in [0.15, 0.2) is 5.69 Å². The zero-order valence-electron chi connectivity index (χ0n) is 11.1. The molecule has 0 saturated carbocycles. The highest BCUT2D eigenvalue weighted by Crippen LogP contribution is 2.27. The number of carbonyl (C=O) groups excluding carboxylic acids is 1. The summed E-state index contributed by atoms with van der Waals surface area (Å²) in [5.41, 5.74) is -1.68. The SMILES string of the molecule is O=C(Nc1cc2cn[nH]c2cc1F)c1cncc(C(F)(F)F)n1. The predicted octanol–water partition coefficient (Wildman–Crippen LogP) is 2.76. The Morgan fingerprint density at radius 3 is 2.70 bits per heavy atom. The molecule has 118 valence electrons. The number of H-pyrrole nitrogens is 1. The lowest BCUT2D eigenvalue weighted by Gasteiger charge is -2.08. The Bertz CT molecular complexity index is 889. The number of alkyl halides is 3. The van der Waals surface area contributed by atoms with Crippen LogP contribution in [-0.2, 0) is 6.18 Å². The van der Waals surface area contributed by atoms with Gasteiger partial charge in [-0.2, -0.15) is 18.3 Å². The van der Waals surface area contributed by atoms with E-state index in [0.29, 0.717) is 17.1 Å². The number of hydrogen-bond acceptors (Lipinski definition) is 4. The summed E-state index contributed by atoms with van der Waals surface area (Å²) < 4.78 is 51.5. The Kier molecular flexibility index (Phi) is 3.43. The zero-order valence-corrected chi connectivity index (χ0v) is 11.1. The Morgan fingerprint density at radius 1 is 1.17 bits per heavy atom. The fourth-order valence-electron chi connectivity index (χ4n) is 1.86. The summed E-state index contributed by atoms with van der Waals surface area (Å²) in [6.45, 7) is 0. The number of benzene rings is 1. The van der Waals surface area contributed by atoms with Gasteiger partial charge in [-0.1, -0.05) is 0 Å². The van der Waals surface area contributed by atoms with Gasteiger partial charge in [0.2, 0.25) is 0 Å². The second-order valence-electron chi connectivity index (χ2n) is 4.53. The summed E-state index contributed by atoms with van der Waals surface area (Å²) >= 11 is 0. The molecule has 0 aliphatic rings. The van der Waals surface area contributed by atoms with E-state index in [0.717, 1.165) is 12.3 Å². The third-order valence-electron chi connectivity index (χ3n) is 2.93. The first-order chi connectivity index (χ1) is 10.8. The molecule has 0 saturated heterocycles. The van der Waals surface area contributed by atoms with Crippen molar-refractivity contribution in [2.75, 3.05) is 5.32 Å². The zero-order chi connectivity index (χ0) is 16.6. The Balaban J connectivity index is 1.90. The van der Waals surface area contributed by atoms with Gasteiger partial charge in [0.05, 0.1) is 29.8 Å². The van der Waals surface area contributed by atoms with Gasteiger partial charge in [-0.05, 0) is 6.07 Å². The molecule has 0 bridgehead atoms. The van der Waals surface area contributed by atoms with Gasteiger partial charge in [-0.25, -0.2) is 9.37 Å². The molecule has 1 aromatic carbocycles. The second kappa shape index (κ2) is 5.30. The minimum Gasteiger partial charge on any atom is -0.318 e. The van der Waals surface area contributed by atoms with E-state index in [4.69, 9.17) is 0 Å². The number of aromatic nitrogens is 4. The van der Waals surface area contributed by atoms with Gasteiger partial charge in [0.1, 0.15) is 11.5 Å². The molecule has 0 aliphatic carbocycles. The number of nitrogens with zero attached hydrogens (tertiary/aromatic N) is 3. The first kappa shape index (κ1) is 14.9. The molecule has 0 atom stereocenters. The third kappa shape index (κ3) is 2.96. The van der Waals surface area contributed by atoms with Gasteiger partial charge in [-0.15, -0.1) is 0 Å². The van der Waals surface area contributed by atoms with Crippen molar-refractivity contribution >= 4 is 22.5 Å². The van der Waals surface area contributed by atoms with Gasteiger partial charge in [0.25, 0.3) is 5.91 Å². The van der Waals surface area contributed by atoms with Crippen molar-refractivity contribution in [2.45, 2.75) is 6.18 Å². The highest BCUT2D eigenvalue weighted by atomic mass is 19.4. The maximum absolute atomic E-state index is 13.9. The molecular weight excluding hydrogens is 318 g/mol. The maximum Gasteiger partial charge on any atom is 0.434 e. The second-order valence-corrected chi connectivity index (χ2v) is 4.53. The first-order valence-corrected chi connectivity index (χ1v) is 6.18. The summed E-state index contributed by atoms with van der Waals surface area (Å²) in [5.74, 6) is -1.78. The smallest absolute Gasteiger partial charge is 0.318 e. The van der Waals surface area contributed by atoms with Crippen LogP contribution < -0.4 is 5.32 Å². The van der Waals surface area contributed by atoms with Crippen LogP contribution >= 0.6 is 0 Å². The monoisotopic (exact) mass is 325 g/mol. The number of amides is 1. The standard InChI is InChI=1S/C13H7F4N5O/c14-7-2-8-6(3-19-22-8)1-9(7)21-12(23)10-4-18-5-11(20-10)13(15,16)17/h1-5H,(H,19,22)(H,21,23). The van der Waals surface area contributed by atoms with Crippen LogP contribution in [0.15, 0.2) is 30.7 Å². The van der Waals surface area contributed by atoms with Crippen molar-refractivity contribution < 1.29 is 22.4 Å². The number of anilines is 1. The molecule has 10 heteroatoms. The van der Waals surface area contributed by atoms with E-state index in [1.54, 1.807) is 0 Å². The fourth-order valence-corrected chi connectivity index (χ4v) is 1.86. The molecule has 1 amide bonds. The van der Waals surface area contributed by atoms with Crippen LogP contribution in [0.5, 0.6) is 0 Å². The Morgan fingerprint density at radius 2 is 1.96 bits per heavy atom. The van der Waals surface area contributed by atoms with Gasteiger partial charge < -0.3 is 5.32 Å². The first-order valence-electron chi connectivity index (χ1n) is 6.18. The molecule has 3 aromatic rings. The number of aromatic amines is 1. The summed E-state index contributed by atoms with van der Waals surface area (Å²) in [6.07, 6.45) is -1.97. The summed E-state index contributed by atoms with van der Waals surface area (Å²) in [7, 11) is 0. The number of halogens is 4. The largest absolute Gasteiger partial charge is 0.434 e. The lowest BCUT2D eigenvalue weighted by atomic mass is 10.2. The number of hydrogen-bond donors (Lipinski definition) is 2. The Hall–Kier alpha value is -3.04. The van der Waals surface area contributed by atoms with Crippen molar-refractivity contribution in [1.29, 1.82) is 0 Å². The van der Waals surface area contributed by atoms with E-state index in [9.17, 15) is 22.4 Å². The van der Waals surface area contributed by atoms with E-state index in [2.05, 4.69) is 25.5 Å². The average molecular weight is 325 g/mol. The summed E-state index contributed by atoms with van der Waals surface area (Å²) in [5, 5.41) is 8.94. The summed E-state index contributed by atoms with van der Waals surface area (Å²) in [4.78, 5) is 18.5. The lowest BCUT2D eigenvalue weighted by Crippen LogP contribution is -2.18. The molecule has 2 N–H and O–H groups in total. The number of fused-ring (bicyclic) bond motifs is 1. The van der Waals surface area contributed by atoms with Crippen LogP contribution in [0.25, 0.3) is 10.9 Å². The lowest BCUT2D eigenvalue weighted by molar-refractivity contribution is -0.141. The maximum atomic E-state index is 13.9. The van der Waals surface area contributed by atoms with Crippen molar-refractivity contribution in [2.24, 2.45) is 0 Å². The quantitative estimate of drug-likeness (QED) is 0.710. The van der Waals surface area contributed by atoms with E-state index in [1.165, 1.54) is 12.3 Å². The molecule has 0 fully saturated rings. The van der Waals surface area contributed by atoms with Crippen molar-refractivity contribution in [3.63, 3.8) is 0 Å². The molecule has 23 heavy (non-hydrogen) atoms. The average Bonchev–Trinajstić information content (AvgIpc) is 2.94. The third-order valence-corrected chi connectivity index (χ3v) is 2.93. The van der Waals surface area contributed by atoms with Crippen molar-refractivity contribution in [3.8, 4) is 0 Å². The van der Waals surface area contributed by atoms with E-state index < -0.39 is 29.3 Å². The molecule has 0 unspecified atom stereocenters. The summed E-state index contributed by atoms with van der Waals surface area (Å²) in [6, 6.07) is 2.41. The fraction of sp³-hybridized carbons (Fsp3) is 0.0769.